The van der Waals surface area contributed by atoms with E-state index >= 15 is 0 Å². The first-order valence-corrected chi connectivity index (χ1v) is 10.8. The molecule has 1 heterocycles. The van der Waals surface area contributed by atoms with Gasteiger partial charge >= 0.3 is 5.63 Å². The number of amides is 2. The Balaban J connectivity index is 1.75. The van der Waals surface area contributed by atoms with Crippen molar-refractivity contribution in [3.05, 3.63) is 87.8 Å². The number of carbonyl (C=O) groups is 2. The number of amidine groups is 1. The van der Waals surface area contributed by atoms with Gasteiger partial charge in [-0.2, -0.15) is 0 Å². The first-order valence-electron chi connectivity index (χ1n) is 10.8. The van der Waals surface area contributed by atoms with Gasteiger partial charge in [0.1, 0.15) is 11.4 Å². The Kier molecular flexibility index (Phi) is 6.14. The molecule has 34 heavy (non-hydrogen) atoms. The minimum atomic E-state index is -0.585. The lowest BCUT2D eigenvalue weighted by Crippen LogP contribution is -2.27. The Labute approximate surface area is 195 Å². The number of nitrogens with two attached hydrogens (primary N) is 1. The minimum absolute atomic E-state index is 0.0642. The van der Waals surface area contributed by atoms with Crippen molar-refractivity contribution in [2.24, 2.45) is 11.7 Å². The molecule has 0 aliphatic heterocycles. The Bertz CT molecular complexity index is 1490. The van der Waals surface area contributed by atoms with Gasteiger partial charge in [-0.3, -0.25) is 15.0 Å². The van der Waals surface area contributed by atoms with Gasteiger partial charge in [0.05, 0.1) is 10.9 Å². The molecule has 0 atom stereocenters. The molecule has 0 fully saturated rings. The van der Waals surface area contributed by atoms with Crippen LogP contribution >= 0.6 is 0 Å². The minimum Gasteiger partial charge on any atom is -0.422 e. The van der Waals surface area contributed by atoms with Gasteiger partial charge in [-0.15, -0.1) is 0 Å². The Morgan fingerprint density at radius 3 is 2.35 bits per heavy atom. The number of rotatable bonds is 6. The molecule has 0 bridgehead atoms. The largest absolute Gasteiger partial charge is 0.422 e. The van der Waals surface area contributed by atoms with E-state index in [1.807, 2.05) is 13.8 Å². The number of hydrogen-bond acceptors (Lipinski definition) is 5. The lowest BCUT2D eigenvalue weighted by Gasteiger charge is -2.11. The number of hydrogen-bond donors (Lipinski definition) is 4. The number of fused-ring (bicyclic) bond motifs is 3. The highest BCUT2D eigenvalue weighted by atomic mass is 16.4. The van der Waals surface area contributed by atoms with E-state index in [2.05, 4.69) is 10.6 Å². The van der Waals surface area contributed by atoms with Crippen LogP contribution in [0.3, 0.4) is 0 Å². The van der Waals surface area contributed by atoms with E-state index in [9.17, 15) is 14.4 Å². The summed E-state index contributed by atoms with van der Waals surface area (Å²) >= 11 is 0. The second-order valence-corrected chi connectivity index (χ2v) is 8.38. The summed E-state index contributed by atoms with van der Waals surface area (Å²) in [5, 5.41) is 14.3. The second-order valence-electron chi connectivity index (χ2n) is 8.38. The van der Waals surface area contributed by atoms with Crippen LogP contribution in [0.5, 0.6) is 0 Å². The van der Waals surface area contributed by atoms with Crippen LogP contribution in [0.2, 0.25) is 0 Å². The third-order valence-electron chi connectivity index (χ3n) is 5.37. The molecule has 0 radical (unpaired) electrons. The van der Waals surface area contributed by atoms with Crippen molar-refractivity contribution in [2.45, 2.75) is 13.8 Å². The molecule has 1 aromatic heterocycles. The molecular formula is C26H24N4O4. The fourth-order valence-corrected chi connectivity index (χ4v) is 3.64. The molecule has 3 aromatic carbocycles. The van der Waals surface area contributed by atoms with E-state index in [4.69, 9.17) is 15.6 Å². The zero-order valence-corrected chi connectivity index (χ0v) is 18.8. The smallest absolute Gasteiger partial charge is 0.344 e. The summed E-state index contributed by atoms with van der Waals surface area (Å²) in [4.78, 5) is 38.3. The molecule has 8 nitrogen and oxygen atoms in total. The van der Waals surface area contributed by atoms with Gasteiger partial charge in [-0.1, -0.05) is 26.0 Å². The van der Waals surface area contributed by atoms with Gasteiger partial charge in [-0.05, 0) is 54.4 Å². The number of nitrogens with one attached hydrogen (secondary N) is 3. The lowest BCUT2D eigenvalue weighted by atomic mass is 10.00. The van der Waals surface area contributed by atoms with Crippen molar-refractivity contribution >= 4 is 45.1 Å². The normalized spacial score (nSPS) is 11.0. The van der Waals surface area contributed by atoms with Crippen LogP contribution in [0.1, 0.15) is 40.1 Å². The van der Waals surface area contributed by atoms with Crippen molar-refractivity contribution in [1.29, 1.82) is 5.41 Å². The van der Waals surface area contributed by atoms with Gasteiger partial charge < -0.3 is 20.8 Å². The zero-order chi connectivity index (χ0) is 24.4. The van der Waals surface area contributed by atoms with Gasteiger partial charge in [0.2, 0.25) is 0 Å². The van der Waals surface area contributed by atoms with Gasteiger partial charge in [0.15, 0.2) is 0 Å². The topological polar surface area (TPSA) is 138 Å². The third kappa shape index (κ3) is 4.52. The molecular weight excluding hydrogens is 432 g/mol. The maximum atomic E-state index is 13.1. The van der Waals surface area contributed by atoms with Crippen molar-refractivity contribution in [1.82, 2.24) is 5.32 Å². The lowest BCUT2D eigenvalue weighted by molar-refractivity contribution is 0.0948. The molecule has 4 aromatic rings. The van der Waals surface area contributed by atoms with E-state index < -0.39 is 11.5 Å². The van der Waals surface area contributed by atoms with Crippen LogP contribution in [-0.4, -0.2) is 24.2 Å². The van der Waals surface area contributed by atoms with Crippen molar-refractivity contribution in [3.63, 3.8) is 0 Å². The fourth-order valence-electron chi connectivity index (χ4n) is 3.64. The highest BCUT2D eigenvalue weighted by Crippen LogP contribution is 2.28. The van der Waals surface area contributed by atoms with E-state index in [0.29, 0.717) is 39.7 Å². The van der Waals surface area contributed by atoms with Gasteiger partial charge in [-0.25, -0.2) is 4.79 Å². The number of nitrogen functional groups attached to an aromatic ring is 1. The van der Waals surface area contributed by atoms with E-state index in [-0.39, 0.29) is 28.6 Å². The molecule has 0 saturated heterocycles. The predicted molar refractivity (Wildman–Crippen MR) is 133 cm³/mol. The molecule has 0 aliphatic rings. The maximum Gasteiger partial charge on any atom is 0.344 e. The van der Waals surface area contributed by atoms with Crippen LogP contribution in [0.15, 0.2) is 69.9 Å². The molecule has 0 aliphatic carbocycles. The Hall–Kier alpha value is -4.46. The summed E-state index contributed by atoms with van der Waals surface area (Å²) in [6, 6.07) is 16.3. The molecule has 5 N–H and O–H groups in total. The maximum absolute atomic E-state index is 13.1. The van der Waals surface area contributed by atoms with Crippen LogP contribution < -0.4 is 22.0 Å². The van der Waals surface area contributed by atoms with Crippen LogP contribution in [0.4, 0.5) is 5.69 Å². The second kappa shape index (κ2) is 9.19. The fraction of sp³-hybridized carbons (Fsp3) is 0.154. The molecule has 4 rings (SSSR count). The van der Waals surface area contributed by atoms with Crippen molar-refractivity contribution in [3.8, 4) is 0 Å². The van der Waals surface area contributed by atoms with Gasteiger partial charge in [0, 0.05) is 34.1 Å². The van der Waals surface area contributed by atoms with Crippen LogP contribution in [0, 0.1) is 11.3 Å². The molecule has 0 spiro atoms. The standard InChI is InChI=1S/C26H24N4O4/c1-14(2)13-29-24(31)16-8-11-18-20(12-16)26(33)34-21-5-3-4-19(22(18)21)25(32)30-17-9-6-15(7-10-17)23(27)28/h3-12,14H,13H2,1-2H3,(H3,27,28)(H,29,31)(H,30,32). The number of carbonyl (C=O) groups excluding carboxylic acids is 2. The summed E-state index contributed by atoms with van der Waals surface area (Å²) in [6.07, 6.45) is 0. The molecule has 2 amide bonds. The van der Waals surface area contributed by atoms with E-state index in [1.54, 1.807) is 54.6 Å². The Morgan fingerprint density at radius 2 is 1.68 bits per heavy atom. The first-order chi connectivity index (χ1) is 16.2. The Morgan fingerprint density at radius 1 is 0.971 bits per heavy atom. The molecule has 172 valence electrons. The quantitative estimate of drug-likeness (QED) is 0.151. The third-order valence-corrected chi connectivity index (χ3v) is 5.37. The summed E-state index contributed by atoms with van der Waals surface area (Å²) < 4.78 is 5.49. The van der Waals surface area contributed by atoms with Gasteiger partial charge in [0.25, 0.3) is 11.8 Å². The first kappa shape index (κ1) is 22.7. The highest BCUT2D eigenvalue weighted by Gasteiger charge is 2.18. The van der Waals surface area contributed by atoms with Crippen molar-refractivity contribution in [2.75, 3.05) is 11.9 Å². The predicted octanol–water partition coefficient (Wildman–Crippen LogP) is 3.87. The molecule has 0 saturated carbocycles. The van der Waals surface area contributed by atoms with Crippen molar-refractivity contribution < 1.29 is 14.0 Å². The van der Waals surface area contributed by atoms with Crippen LogP contribution in [0.25, 0.3) is 21.7 Å². The SMILES string of the molecule is CC(C)CNC(=O)c1ccc2c(c1)c(=O)oc1cccc(C(=O)Nc3ccc(C(=N)N)cc3)c12. The van der Waals surface area contributed by atoms with E-state index in [1.165, 1.54) is 6.07 Å². The summed E-state index contributed by atoms with van der Waals surface area (Å²) in [5.74, 6) is -0.450. The number of anilines is 1. The highest BCUT2D eigenvalue weighted by molar-refractivity contribution is 6.19. The number of benzene rings is 3. The summed E-state index contributed by atoms with van der Waals surface area (Å²) in [7, 11) is 0. The van der Waals surface area contributed by atoms with Crippen LogP contribution in [-0.2, 0) is 0 Å². The average Bonchev–Trinajstić information content (AvgIpc) is 2.82. The molecule has 0 unspecified atom stereocenters. The van der Waals surface area contributed by atoms with E-state index in [0.717, 1.165) is 0 Å². The summed E-state index contributed by atoms with van der Waals surface area (Å²) in [6.45, 7) is 4.50. The summed E-state index contributed by atoms with van der Waals surface area (Å²) in [5.41, 5.74) is 6.89. The monoisotopic (exact) mass is 456 g/mol. The molecule has 8 heteroatoms. The zero-order valence-electron chi connectivity index (χ0n) is 18.8. The average molecular weight is 457 g/mol.